The normalized spacial score (nSPS) is 22.7. The molecule has 39 heavy (non-hydrogen) atoms. The van der Waals surface area contributed by atoms with E-state index < -0.39 is 0 Å². The van der Waals surface area contributed by atoms with Gasteiger partial charge in [-0.25, -0.2) is 0 Å². The van der Waals surface area contributed by atoms with Crippen molar-refractivity contribution in [1.29, 1.82) is 0 Å². The molecule has 7 rings (SSSR count). The first-order valence-electron chi connectivity index (χ1n) is 14.0. The van der Waals surface area contributed by atoms with Crippen molar-refractivity contribution in [2.75, 3.05) is 36.8 Å². The van der Waals surface area contributed by atoms with Gasteiger partial charge in [0.2, 0.25) is 5.91 Å². The Morgan fingerprint density at radius 3 is 2.77 bits per heavy atom. The summed E-state index contributed by atoms with van der Waals surface area (Å²) in [5.74, 6) is 2.93. The number of thioether (sulfide) groups is 1. The number of pyridine rings is 1. The predicted molar refractivity (Wildman–Crippen MR) is 156 cm³/mol. The van der Waals surface area contributed by atoms with Gasteiger partial charge in [0.05, 0.1) is 5.52 Å². The summed E-state index contributed by atoms with van der Waals surface area (Å²) in [4.78, 5) is 21.3. The molecular formula is C31H34N6OS. The quantitative estimate of drug-likeness (QED) is 0.226. The lowest BCUT2D eigenvalue weighted by Gasteiger charge is -2.22. The summed E-state index contributed by atoms with van der Waals surface area (Å²) >= 11 is 1.79. The molecule has 3 fully saturated rings. The van der Waals surface area contributed by atoms with Gasteiger partial charge in [0.25, 0.3) is 0 Å². The highest BCUT2D eigenvalue weighted by atomic mass is 32.2. The zero-order valence-corrected chi connectivity index (χ0v) is 23.5. The fraction of sp³-hybridized carbons (Fsp3) is 0.419. The lowest BCUT2D eigenvalue weighted by molar-refractivity contribution is -0.117. The van der Waals surface area contributed by atoms with Crippen LogP contribution in [-0.4, -0.2) is 62.5 Å². The predicted octanol–water partition coefficient (Wildman–Crippen LogP) is 5.22. The Hall–Kier alpha value is -3.23. The first kappa shape index (κ1) is 24.8. The summed E-state index contributed by atoms with van der Waals surface area (Å²) in [6.45, 7) is 6.33. The SMILES string of the molecule is Cc1ccc2c(-c3nnc(SCCCN4C[C@H]5C[C@@]5(c5ccc(N6CCCC6=O)cc5)C4)n3C)cccc2n1. The van der Waals surface area contributed by atoms with Gasteiger partial charge in [-0.2, -0.15) is 0 Å². The second kappa shape index (κ2) is 9.75. The summed E-state index contributed by atoms with van der Waals surface area (Å²) in [5.41, 5.74) is 5.91. The highest BCUT2D eigenvalue weighted by Gasteiger charge is 2.60. The molecule has 2 atom stereocenters. The Kier molecular flexibility index (Phi) is 6.20. The summed E-state index contributed by atoms with van der Waals surface area (Å²) in [6, 6.07) is 19.3. The summed E-state index contributed by atoms with van der Waals surface area (Å²) in [7, 11) is 2.06. The molecule has 7 nitrogen and oxygen atoms in total. The third kappa shape index (κ3) is 4.43. The topological polar surface area (TPSA) is 67.2 Å². The van der Waals surface area contributed by atoms with E-state index in [0.717, 1.165) is 83.0 Å². The van der Waals surface area contributed by atoms with Crippen LogP contribution in [0, 0.1) is 12.8 Å². The molecule has 8 heteroatoms. The number of hydrogen-bond donors (Lipinski definition) is 0. The van der Waals surface area contributed by atoms with Crippen LogP contribution < -0.4 is 4.90 Å². The first-order chi connectivity index (χ1) is 19.0. The van der Waals surface area contributed by atoms with Crippen molar-refractivity contribution in [3.05, 3.63) is 65.9 Å². The van der Waals surface area contributed by atoms with Crippen LogP contribution >= 0.6 is 11.8 Å². The largest absolute Gasteiger partial charge is 0.312 e. The molecule has 3 aliphatic rings. The molecule has 0 spiro atoms. The van der Waals surface area contributed by atoms with Gasteiger partial charge in [0.15, 0.2) is 11.0 Å². The Morgan fingerprint density at radius 1 is 1.08 bits per heavy atom. The van der Waals surface area contributed by atoms with Crippen LogP contribution in [-0.2, 0) is 17.3 Å². The molecule has 1 amide bonds. The van der Waals surface area contributed by atoms with E-state index in [4.69, 9.17) is 0 Å². The summed E-state index contributed by atoms with van der Waals surface area (Å²) in [5, 5.41) is 11.1. The average molecular weight is 539 g/mol. The fourth-order valence-corrected chi connectivity index (χ4v) is 7.51. The number of rotatable bonds is 8. The van der Waals surface area contributed by atoms with Gasteiger partial charge in [-0.15, -0.1) is 10.2 Å². The number of carbonyl (C=O) groups is 1. The lowest BCUT2D eigenvalue weighted by atomic mass is 9.94. The maximum absolute atomic E-state index is 12.1. The number of likely N-dealkylation sites (tertiary alicyclic amines) is 1. The van der Waals surface area contributed by atoms with E-state index in [0.29, 0.717) is 11.8 Å². The van der Waals surface area contributed by atoms with E-state index in [2.05, 4.69) is 80.2 Å². The van der Waals surface area contributed by atoms with Gasteiger partial charge >= 0.3 is 0 Å². The third-order valence-corrected chi connectivity index (χ3v) is 9.95. The van der Waals surface area contributed by atoms with Crippen molar-refractivity contribution < 1.29 is 4.79 Å². The number of piperidine rings is 1. The van der Waals surface area contributed by atoms with Crippen molar-refractivity contribution in [1.82, 2.24) is 24.6 Å². The van der Waals surface area contributed by atoms with Gasteiger partial charge in [0.1, 0.15) is 0 Å². The number of aromatic nitrogens is 4. The number of benzene rings is 2. The van der Waals surface area contributed by atoms with Crippen LogP contribution in [0.25, 0.3) is 22.3 Å². The zero-order valence-electron chi connectivity index (χ0n) is 22.6. The molecule has 0 unspecified atom stereocenters. The van der Waals surface area contributed by atoms with Crippen LogP contribution in [0.4, 0.5) is 5.69 Å². The average Bonchev–Trinajstić information content (AvgIpc) is 3.23. The van der Waals surface area contributed by atoms with Crippen molar-refractivity contribution >= 4 is 34.3 Å². The number of carbonyl (C=O) groups excluding carboxylic acids is 1. The molecular weight excluding hydrogens is 504 g/mol. The first-order valence-corrected chi connectivity index (χ1v) is 15.0. The van der Waals surface area contributed by atoms with Crippen molar-refractivity contribution in [2.45, 2.75) is 43.2 Å². The molecule has 1 saturated carbocycles. The molecule has 1 aliphatic carbocycles. The Bertz CT molecular complexity index is 1550. The standard InChI is InChI=1S/C31H34N6OS/c1-21-9-14-25-26(6-3-7-27(25)32-21)29-33-34-30(35(29)2)39-17-5-15-36-19-23-18-31(23,20-36)22-10-12-24(13-11-22)37-16-4-8-28(37)38/h3,6-7,9-14,23H,4-5,8,15-20H2,1-2H3/t23-,31+/m1/s1. The van der Waals surface area contributed by atoms with Gasteiger partial charge in [-0.3, -0.25) is 9.78 Å². The van der Waals surface area contributed by atoms with Crippen molar-refractivity contribution in [2.24, 2.45) is 13.0 Å². The minimum Gasteiger partial charge on any atom is -0.312 e. The van der Waals surface area contributed by atoms with Crippen LogP contribution in [0.2, 0.25) is 0 Å². The van der Waals surface area contributed by atoms with Crippen LogP contribution in [0.1, 0.15) is 36.9 Å². The molecule has 0 radical (unpaired) electrons. The molecule has 2 aliphatic heterocycles. The second-order valence-corrected chi connectivity index (χ2v) is 12.4. The molecule has 0 bridgehead atoms. The number of amides is 1. The molecule has 4 heterocycles. The van der Waals surface area contributed by atoms with Crippen molar-refractivity contribution in [3.63, 3.8) is 0 Å². The lowest BCUT2D eigenvalue weighted by Crippen LogP contribution is -2.28. The minimum absolute atomic E-state index is 0.258. The van der Waals surface area contributed by atoms with E-state index in [-0.39, 0.29) is 5.91 Å². The number of hydrogen-bond acceptors (Lipinski definition) is 6. The summed E-state index contributed by atoms with van der Waals surface area (Å²) in [6.07, 6.45) is 4.08. The number of anilines is 1. The maximum Gasteiger partial charge on any atom is 0.227 e. The molecule has 0 N–H and O–H groups in total. The third-order valence-electron chi connectivity index (χ3n) is 8.84. The van der Waals surface area contributed by atoms with Crippen LogP contribution in [0.3, 0.4) is 0 Å². The van der Waals surface area contributed by atoms with Gasteiger partial charge in [-0.1, -0.05) is 42.1 Å². The van der Waals surface area contributed by atoms with Gasteiger partial charge in [0, 0.05) is 66.6 Å². The molecule has 4 aromatic rings. The monoisotopic (exact) mass is 538 g/mol. The second-order valence-electron chi connectivity index (χ2n) is 11.4. The summed E-state index contributed by atoms with van der Waals surface area (Å²) < 4.78 is 2.11. The molecule has 2 aromatic carbocycles. The van der Waals surface area contributed by atoms with Crippen LogP contribution in [0.5, 0.6) is 0 Å². The highest BCUT2D eigenvalue weighted by Crippen LogP contribution is 2.59. The van der Waals surface area contributed by atoms with Gasteiger partial charge < -0.3 is 14.4 Å². The van der Waals surface area contributed by atoms with E-state index >= 15 is 0 Å². The van der Waals surface area contributed by atoms with E-state index in [9.17, 15) is 4.79 Å². The number of aryl methyl sites for hydroxylation is 1. The Morgan fingerprint density at radius 2 is 1.95 bits per heavy atom. The van der Waals surface area contributed by atoms with E-state index in [1.165, 1.54) is 18.5 Å². The molecule has 200 valence electrons. The van der Waals surface area contributed by atoms with E-state index in [1.54, 1.807) is 11.8 Å². The highest BCUT2D eigenvalue weighted by molar-refractivity contribution is 7.99. The minimum atomic E-state index is 0.258. The number of fused-ring (bicyclic) bond motifs is 2. The number of nitrogens with zero attached hydrogens (tertiary/aromatic N) is 6. The van der Waals surface area contributed by atoms with E-state index in [1.807, 2.05) is 17.9 Å². The smallest absolute Gasteiger partial charge is 0.227 e. The Labute approximate surface area is 233 Å². The van der Waals surface area contributed by atoms with Gasteiger partial charge in [-0.05, 0) is 68.5 Å². The fourth-order valence-electron chi connectivity index (χ4n) is 6.68. The molecule has 2 aromatic heterocycles. The van der Waals surface area contributed by atoms with Crippen molar-refractivity contribution in [3.8, 4) is 11.4 Å². The van der Waals surface area contributed by atoms with Crippen LogP contribution in [0.15, 0.2) is 59.8 Å². The maximum atomic E-state index is 12.1. The Balaban J connectivity index is 0.942. The molecule has 2 saturated heterocycles. The zero-order chi connectivity index (χ0) is 26.6.